The van der Waals surface area contributed by atoms with E-state index in [2.05, 4.69) is 6.92 Å². The lowest BCUT2D eigenvalue weighted by Crippen LogP contribution is -1.98. The van der Waals surface area contributed by atoms with E-state index in [1.54, 1.807) is 0 Å². The molecule has 1 atom stereocenters. The van der Waals surface area contributed by atoms with Gasteiger partial charge in [-0.2, -0.15) is 0 Å². The van der Waals surface area contributed by atoms with Crippen LogP contribution in [-0.2, 0) is 0 Å². The van der Waals surface area contributed by atoms with E-state index in [0.717, 1.165) is 6.42 Å². The van der Waals surface area contributed by atoms with Crippen LogP contribution in [0.4, 0.5) is 0 Å². The molecule has 0 fully saturated rings. The Labute approximate surface area is 204 Å². The highest BCUT2D eigenvalue weighted by molar-refractivity contribution is 4.53. The van der Waals surface area contributed by atoms with Gasteiger partial charge in [-0.05, 0) is 13.3 Å². The summed E-state index contributed by atoms with van der Waals surface area (Å²) in [5.41, 5.74) is 0. The summed E-state index contributed by atoms with van der Waals surface area (Å²) in [7, 11) is 0. The zero-order chi connectivity index (χ0) is 23.4. The van der Waals surface area contributed by atoms with Gasteiger partial charge in [-0.1, -0.05) is 180 Å². The molecule has 1 unspecified atom stereocenters. The van der Waals surface area contributed by atoms with Crippen molar-refractivity contribution >= 4 is 0 Å². The third-order valence-electron chi connectivity index (χ3n) is 7.23. The summed E-state index contributed by atoms with van der Waals surface area (Å²) >= 11 is 0. The molecule has 0 spiro atoms. The van der Waals surface area contributed by atoms with Crippen molar-refractivity contribution in [3.05, 3.63) is 0 Å². The first-order valence-corrected chi connectivity index (χ1v) is 15.5. The van der Waals surface area contributed by atoms with Gasteiger partial charge in [0.1, 0.15) is 0 Å². The lowest BCUT2D eigenvalue weighted by Gasteiger charge is -2.05. The van der Waals surface area contributed by atoms with Gasteiger partial charge in [0.2, 0.25) is 0 Å². The van der Waals surface area contributed by atoms with Crippen LogP contribution in [-0.4, -0.2) is 11.2 Å². The van der Waals surface area contributed by atoms with Crippen molar-refractivity contribution < 1.29 is 5.11 Å². The summed E-state index contributed by atoms with van der Waals surface area (Å²) in [5.74, 6) is 0. The average molecular weight is 453 g/mol. The van der Waals surface area contributed by atoms with Crippen molar-refractivity contribution in [3.63, 3.8) is 0 Å². The first-order chi connectivity index (χ1) is 15.8. The average Bonchev–Trinajstić information content (AvgIpc) is 2.78. The summed E-state index contributed by atoms with van der Waals surface area (Å²) in [6.45, 7) is 4.21. The van der Waals surface area contributed by atoms with Crippen LogP contribution in [0, 0.1) is 0 Å². The summed E-state index contributed by atoms with van der Waals surface area (Å²) in [5, 5.41) is 9.24. The van der Waals surface area contributed by atoms with E-state index in [1.807, 2.05) is 6.92 Å². The topological polar surface area (TPSA) is 20.2 Å². The maximum atomic E-state index is 9.24. The fourth-order valence-electron chi connectivity index (χ4n) is 4.93. The third kappa shape index (κ3) is 30.0. The van der Waals surface area contributed by atoms with E-state index in [4.69, 9.17) is 0 Å². The van der Waals surface area contributed by atoms with E-state index in [9.17, 15) is 5.11 Å². The van der Waals surface area contributed by atoms with Gasteiger partial charge in [-0.25, -0.2) is 0 Å². The molecule has 0 aromatic heterocycles. The fraction of sp³-hybridized carbons (Fsp3) is 1.00. The van der Waals surface area contributed by atoms with Gasteiger partial charge in [0.15, 0.2) is 0 Å². The van der Waals surface area contributed by atoms with E-state index >= 15 is 0 Å². The predicted octanol–water partition coefficient (Wildman–Crippen LogP) is 11.3. The zero-order valence-electron chi connectivity index (χ0n) is 22.8. The molecule has 1 heteroatoms. The molecule has 0 rings (SSSR count). The Hall–Kier alpha value is -0.0400. The molecule has 0 aliphatic carbocycles. The maximum Gasteiger partial charge on any atom is 0.0512 e. The molecule has 0 aliphatic heterocycles. The van der Waals surface area contributed by atoms with Crippen molar-refractivity contribution in [2.45, 2.75) is 200 Å². The second-order valence-electron chi connectivity index (χ2n) is 10.8. The number of rotatable bonds is 28. The normalized spacial score (nSPS) is 12.5. The number of aliphatic hydroxyl groups excluding tert-OH is 1. The highest BCUT2D eigenvalue weighted by atomic mass is 16.3. The lowest BCUT2D eigenvalue weighted by molar-refractivity contribution is 0.180. The third-order valence-corrected chi connectivity index (χ3v) is 7.23. The Bertz CT molecular complexity index is 312. The minimum Gasteiger partial charge on any atom is -0.393 e. The molecule has 0 bridgehead atoms. The van der Waals surface area contributed by atoms with Crippen LogP contribution in [0.2, 0.25) is 0 Å². The molecular formula is C31H64O. The molecule has 0 saturated heterocycles. The summed E-state index contributed by atoms with van der Waals surface area (Å²) in [4.78, 5) is 0. The second kappa shape index (κ2) is 29.0. The van der Waals surface area contributed by atoms with Crippen LogP contribution in [0.15, 0.2) is 0 Å². The van der Waals surface area contributed by atoms with Gasteiger partial charge in [0.25, 0.3) is 0 Å². The van der Waals surface area contributed by atoms with Crippen molar-refractivity contribution in [1.82, 2.24) is 0 Å². The smallest absolute Gasteiger partial charge is 0.0512 e. The molecule has 0 amide bonds. The quantitative estimate of drug-likeness (QED) is 0.117. The largest absolute Gasteiger partial charge is 0.393 e. The van der Waals surface area contributed by atoms with E-state index in [0.29, 0.717) is 0 Å². The van der Waals surface area contributed by atoms with E-state index in [1.165, 1.54) is 173 Å². The lowest BCUT2D eigenvalue weighted by atomic mass is 10.0. The van der Waals surface area contributed by atoms with Crippen molar-refractivity contribution in [3.8, 4) is 0 Å². The van der Waals surface area contributed by atoms with Crippen LogP contribution in [0.5, 0.6) is 0 Å². The summed E-state index contributed by atoms with van der Waals surface area (Å²) in [6.07, 6.45) is 39.9. The van der Waals surface area contributed by atoms with Crippen molar-refractivity contribution in [1.29, 1.82) is 0 Å². The van der Waals surface area contributed by atoms with Crippen LogP contribution >= 0.6 is 0 Å². The molecule has 0 radical (unpaired) electrons. The Balaban J connectivity index is 3.00. The predicted molar refractivity (Wildman–Crippen MR) is 147 cm³/mol. The first kappa shape index (κ1) is 32.0. The number of unbranched alkanes of at least 4 members (excludes halogenated alkanes) is 26. The summed E-state index contributed by atoms with van der Waals surface area (Å²) in [6, 6.07) is 0. The fourth-order valence-corrected chi connectivity index (χ4v) is 4.93. The molecule has 1 N–H and O–H groups in total. The maximum absolute atomic E-state index is 9.24. The first-order valence-electron chi connectivity index (χ1n) is 15.5. The van der Waals surface area contributed by atoms with Gasteiger partial charge in [-0.15, -0.1) is 0 Å². The highest BCUT2D eigenvalue weighted by Gasteiger charge is 1.97. The van der Waals surface area contributed by atoms with Crippen LogP contribution in [0.25, 0.3) is 0 Å². The minimum absolute atomic E-state index is 0.103. The van der Waals surface area contributed by atoms with Crippen molar-refractivity contribution in [2.24, 2.45) is 0 Å². The monoisotopic (exact) mass is 452 g/mol. The molecule has 1 nitrogen and oxygen atoms in total. The van der Waals surface area contributed by atoms with Crippen LogP contribution < -0.4 is 0 Å². The Morgan fingerprint density at radius 1 is 0.344 bits per heavy atom. The molecule has 0 saturated carbocycles. The van der Waals surface area contributed by atoms with E-state index < -0.39 is 0 Å². The molecule has 0 heterocycles. The summed E-state index contributed by atoms with van der Waals surface area (Å²) < 4.78 is 0. The number of hydrogen-bond donors (Lipinski definition) is 1. The van der Waals surface area contributed by atoms with Crippen LogP contribution in [0.3, 0.4) is 0 Å². The number of aliphatic hydroxyl groups is 1. The minimum atomic E-state index is -0.103. The Morgan fingerprint density at radius 2 is 0.531 bits per heavy atom. The SMILES string of the molecule is CCCCCCCCCCCCCCCCCCCCCCCCCCCCCC(C)O. The van der Waals surface area contributed by atoms with Gasteiger partial charge in [0.05, 0.1) is 6.10 Å². The van der Waals surface area contributed by atoms with Crippen molar-refractivity contribution in [2.75, 3.05) is 0 Å². The van der Waals surface area contributed by atoms with Gasteiger partial charge in [0, 0.05) is 0 Å². The molecule has 0 aromatic carbocycles. The highest BCUT2D eigenvalue weighted by Crippen LogP contribution is 2.16. The zero-order valence-corrected chi connectivity index (χ0v) is 22.8. The van der Waals surface area contributed by atoms with Gasteiger partial charge >= 0.3 is 0 Å². The molecular weight excluding hydrogens is 388 g/mol. The number of hydrogen-bond acceptors (Lipinski definition) is 1. The molecule has 0 aliphatic rings. The van der Waals surface area contributed by atoms with E-state index in [-0.39, 0.29) is 6.10 Å². The van der Waals surface area contributed by atoms with Crippen LogP contribution in [0.1, 0.15) is 194 Å². The molecule has 0 aromatic rings. The van der Waals surface area contributed by atoms with Gasteiger partial charge in [-0.3, -0.25) is 0 Å². The standard InChI is InChI=1S/C31H64O/c1-3-4-5-6-7-8-9-10-11-12-13-14-15-16-17-18-19-20-21-22-23-24-25-26-27-28-29-30-31(2)32/h31-32H,3-30H2,1-2H3. The second-order valence-corrected chi connectivity index (χ2v) is 10.8. The Kier molecular flexibility index (Phi) is 29.0. The van der Waals surface area contributed by atoms with Gasteiger partial charge < -0.3 is 5.11 Å². The molecule has 194 valence electrons. The molecule has 32 heavy (non-hydrogen) atoms. The Morgan fingerprint density at radius 3 is 0.719 bits per heavy atom.